The van der Waals surface area contributed by atoms with E-state index in [0.29, 0.717) is 45.2 Å². The Morgan fingerprint density at radius 2 is 1.03 bits per heavy atom. The summed E-state index contributed by atoms with van der Waals surface area (Å²) in [6, 6.07) is 37.9. The number of nitrogens with zero attached hydrogens (tertiary/aromatic N) is 5. The van der Waals surface area contributed by atoms with Crippen LogP contribution in [-0.2, 0) is 12.4 Å². The van der Waals surface area contributed by atoms with Gasteiger partial charge in [-0.2, -0.15) is 42.1 Å². The summed E-state index contributed by atoms with van der Waals surface area (Å²) in [7, 11) is 0. The van der Waals surface area contributed by atoms with E-state index in [0.717, 1.165) is 38.6 Å². The topological polar surface area (TPSA) is 81.2 Å². The number of fused-ring (bicyclic) bond motifs is 6. The number of allylic oxidation sites excluding steroid dienone is 2. The van der Waals surface area contributed by atoms with Gasteiger partial charge in [-0.1, -0.05) is 95.5 Å². The first-order chi connectivity index (χ1) is 28.8. The van der Waals surface area contributed by atoms with E-state index >= 15 is 0 Å². The number of alkyl halides is 6. The van der Waals surface area contributed by atoms with Crippen molar-refractivity contribution in [2.45, 2.75) is 40.0 Å². The van der Waals surface area contributed by atoms with E-state index in [2.05, 4.69) is 25.3 Å². The van der Waals surface area contributed by atoms with Crippen LogP contribution in [0.25, 0.3) is 66.1 Å². The van der Waals surface area contributed by atoms with Crippen molar-refractivity contribution in [1.29, 1.82) is 15.8 Å². The van der Waals surface area contributed by atoms with Gasteiger partial charge in [-0.05, 0) is 83.9 Å². The van der Waals surface area contributed by atoms with Gasteiger partial charge in [0.05, 0.1) is 73.9 Å². The number of benzene rings is 6. The van der Waals surface area contributed by atoms with E-state index in [1.165, 1.54) is 12.1 Å². The molecule has 5 nitrogen and oxygen atoms in total. The van der Waals surface area contributed by atoms with Gasteiger partial charge in [0.1, 0.15) is 0 Å². The van der Waals surface area contributed by atoms with Gasteiger partial charge in [0.15, 0.2) is 0 Å². The molecule has 0 saturated heterocycles. The molecule has 0 aliphatic carbocycles. The molecule has 0 atom stereocenters. The quantitative estimate of drug-likeness (QED) is 0.101. The van der Waals surface area contributed by atoms with Crippen molar-refractivity contribution in [3.8, 4) is 40.7 Å². The van der Waals surface area contributed by atoms with Crippen LogP contribution in [0.4, 0.5) is 26.3 Å². The third kappa shape index (κ3) is 8.23. The minimum atomic E-state index is -5.08. The van der Waals surface area contributed by atoms with Crippen LogP contribution < -0.4 is 0 Å². The fourth-order valence-electron chi connectivity index (χ4n) is 6.92. The molecule has 0 aliphatic heterocycles. The highest BCUT2D eigenvalue weighted by Gasteiger charge is 2.38. The van der Waals surface area contributed by atoms with Gasteiger partial charge in [-0.3, -0.25) is 0 Å². The molecule has 6 aromatic carbocycles. The van der Waals surface area contributed by atoms with Gasteiger partial charge >= 0.3 is 12.4 Å². The fourth-order valence-corrected chi connectivity index (χ4v) is 6.92. The summed E-state index contributed by atoms with van der Waals surface area (Å²) in [4.78, 5) is 0. The molecule has 0 bridgehead atoms. The summed E-state index contributed by atoms with van der Waals surface area (Å²) < 4.78 is 88.0. The highest BCUT2D eigenvalue weighted by Crippen LogP contribution is 2.44. The Morgan fingerprint density at radius 1 is 0.550 bits per heavy atom. The Balaban J connectivity index is 0.000000622. The monoisotopic (exact) mass is 809 g/mol. The van der Waals surface area contributed by atoms with E-state index < -0.39 is 29.0 Å². The first kappa shape index (κ1) is 43.6. The Labute approximate surface area is 343 Å². The first-order valence-corrected chi connectivity index (χ1v) is 18.8. The van der Waals surface area contributed by atoms with Crippen LogP contribution in [0, 0.1) is 34.0 Å². The lowest BCUT2D eigenvalue weighted by atomic mass is 9.96. The molecule has 60 heavy (non-hydrogen) atoms. The molecule has 300 valence electrons. The minimum Gasteiger partial charge on any atom is -0.307 e. The third-order valence-corrected chi connectivity index (χ3v) is 9.41. The molecule has 0 amide bonds. The second-order valence-corrected chi connectivity index (χ2v) is 12.7. The van der Waals surface area contributed by atoms with E-state index in [-0.39, 0.29) is 11.6 Å². The Bertz CT molecular complexity index is 3030. The molecule has 0 unspecified atom stereocenters. The molecular weight excluding hydrogens is 773 g/mol. The van der Waals surface area contributed by atoms with E-state index in [9.17, 15) is 36.9 Å². The van der Waals surface area contributed by atoms with Crippen molar-refractivity contribution in [2.75, 3.05) is 0 Å². The molecule has 0 aliphatic rings. The smallest absolute Gasteiger partial charge is 0.307 e. The first-order valence-electron chi connectivity index (χ1n) is 18.8. The minimum absolute atomic E-state index is 0.0527. The number of para-hydroxylation sites is 2. The summed E-state index contributed by atoms with van der Waals surface area (Å²) in [5.41, 5.74) is 2.00. The number of hydrogen-bond acceptors (Lipinski definition) is 3. The maximum absolute atomic E-state index is 14.5. The second kappa shape index (κ2) is 17.9. The number of rotatable bonds is 4. The molecule has 0 saturated carbocycles. The standard InChI is InChI=1S/C40H20F6N4.C5H5N.2C2H6/c41-39(42,43)26-12-13-27(32(20-26)40(44,45)46)25-11-16-37(49-33-7-3-1-5-28(33)30-17-23(21-47)9-14-35(30)49)38(19-25)50-34-8-4-2-6-29(34)31-18-24(22-48)10-15-36(31)50;1-3-5(2)4-6;2*1-2/h1-20H;3H,1-2H2;2*1-2H3. The molecule has 11 heteroatoms. The van der Waals surface area contributed by atoms with Crippen molar-refractivity contribution in [3.63, 3.8) is 0 Å². The predicted octanol–water partition coefficient (Wildman–Crippen LogP) is 14.6. The molecule has 0 N–H and O–H groups in total. The zero-order valence-electron chi connectivity index (χ0n) is 33.0. The Kier molecular flexibility index (Phi) is 13.0. The maximum Gasteiger partial charge on any atom is 0.417 e. The van der Waals surface area contributed by atoms with Crippen LogP contribution >= 0.6 is 0 Å². The Hall–Kier alpha value is -7.55. The summed E-state index contributed by atoms with van der Waals surface area (Å²) in [5, 5.41) is 30.4. The van der Waals surface area contributed by atoms with E-state index in [1.807, 2.05) is 91.4 Å². The maximum atomic E-state index is 14.5. The van der Waals surface area contributed by atoms with Gasteiger partial charge in [0, 0.05) is 27.1 Å². The van der Waals surface area contributed by atoms with Crippen LogP contribution in [0.1, 0.15) is 49.9 Å². The van der Waals surface area contributed by atoms with Crippen molar-refractivity contribution >= 4 is 43.6 Å². The molecule has 0 radical (unpaired) electrons. The van der Waals surface area contributed by atoms with Gasteiger partial charge in [0.2, 0.25) is 0 Å². The van der Waals surface area contributed by atoms with Crippen molar-refractivity contribution in [3.05, 3.63) is 168 Å². The van der Waals surface area contributed by atoms with Crippen molar-refractivity contribution in [1.82, 2.24) is 9.13 Å². The van der Waals surface area contributed by atoms with Crippen molar-refractivity contribution in [2.24, 2.45) is 0 Å². The number of halogens is 6. The third-order valence-electron chi connectivity index (χ3n) is 9.41. The molecular formula is C49H37F6N5. The number of aromatic nitrogens is 2. The average Bonchev–Trinajstić information content (AvgIpc) is 3.78. The zero-order valence-corrected chi connectivity index (χ0v) is 33.0. The average molecular weight is 810 g/mol. The number of nitriles is 3. The van der Waals surface area contributed by atoms with Crippen LogP contribution in [0.3, 0.4) is 0 Å². The van der Waals surface area contributed by atoms with Crippen LogP contribution in [0.5, 0.6) is 0 Å². The molecule has 2 heterocycles. The lowest BCUT2D eigenvalue weighted by molar-refractivity contribution is -0.142. The SMILES string of the molecule is C=CC(=C)C#N.CC.CC.N#Cc1ccc2c(c1)c1ccccc1n2-c1ccc(-c2ccc(C(F)(F)F)cc2C(F)(F)F)cc1-n1c2ccccc2c2cc(C#N)ccc21. The van der Waals surface area contributed by atoms with Gasteiger partial charge in [-0.15, -0.1) is 0 Å². The zero-order chi connectivity index (χ0) is 43.9. The van der Waals surface area contributed by atoms with E-state index in [4.69, 9.17) is 5.26 Å². The molecule has 8 rings (SSSR count). The van der Waals surface area contributed by atoms with Gasteiger partial charge < -0.3 is 9.13 Å². The van der Waals surface area contributed by atoms with Crippen LogP contribution in [-0.4, -0.2) is 9.13 Å². The molecule has 0 spiro atoms. The second-order valence-electron chi connectivity index (χ2n) is 12.7. The molecule has 8 aromatic rings. The van der Waals surface area contributed by atoms with Crippen LogP contribution in [0.2, 0.25) is 0 Å². The fraction of sp³-hybridized carbons (Fsp3) is 0.122. The van der Waals surface area contributed by atoms with Crippen molar-refractivity contribution < 1.29 is 26.3 Å². The summed E-state index contributed by atoms with van der Waals surface area (Å²) in [6.45, 7) is 14.6. The summed E-state index contributed by atoms with van der Waals surface area (Å²) in [5.74, 6) is 0. The lowest BCUT2D eigenvalue weighted by Gasteiger charge is -2.20. The lowest BCUT2D eigenvalue weighted by Crippen LogP contribution is -2.12. The van der Waals surface area contributed by atoms with Gasteiger partial charge in [0.25, 0.3) is 0 Å². The van der Waals surface area contributed by atoms with E-state index in [1.54, 1.807) is 48.5 Å². The summed E-state index contributed by atoms with van der Waals surface area (Å²) >= 11 is 0. The molecule has 2 aromatic heterocycles. The number of hydrogen-bond donors (Lipinski definition) is 0. The summed E-state index contributed by atoms with van der Waals surface area (Å²) in [6.07, 6.45) is -8.64. The highest BCUT2D eigenvalue weighted by molar-refractivity contribution is 6.12. The van der Waals surface area contributed by atoms with Crippen LogP contribution in [0.15, 0.2) is 146 Å². The predicted molar refractivity (Wildman–Crippen MR) is 228 cm³/mol. The Morgan fingerprint density at radius 3 is 1.47 bits per heavy atom. The van der Waals surface area contributed by atoms with Gasteiger partial charge in [-0.25, -0.2) is 0 Å². The highest BCUT2D eigenvalue weighted by atomic mass is 19.4. The molecule has 0 fully saturated rings. The largest absolute Gasteiger partial charge is 0.417 e. The normalized spacial score (nSPS) is 10.9.